The van der Waals surface area contributed by atoms with Crippen molar-refractivity contribution in [3.05, 3.63) is 35.4 Å². The molecule has 0 saturated carbocycles. The van der Waals surface area contributed by atoms with Crippen LogP contribution in [0.25, 0.3) is 0 Å². The molecule has 0 aliphatic carbocycles. The van der Waals surface area contributed by atoms with Crippen molar-refractivity contribution >= 4 is 23.3 Å². The quantitative estimate of drug-likeness (QED) is 0.823. The normalized spacial score (nSPS) is 11.3. The average molecular weight is 371 g/mol. The number of nitrogens with zero attached hydrogens (tertiary/aromatic N) is 4. The second-order valence-corrected chi connectivity index (χ2v) is 5.25. The van der Waals surface area contributed by atoms with E-state index in [-0.39, 0.29) is 29.4 Å². The number of aryl methyl sites for hydroxylation is 1. The summed E-state index contributed by atoms with van der Waals surface area (Å²) in [6.45, 7) is 1.79. The van der Waals surface area contributed by atoms with Gasteiger partial charge in [-0.3, -0.25) is 9.48 Å². The SMILES string of the molecule is CCOC(=O)c1cc(C(=O)N(C)c2cnc(C(F)(F)F)cc2N)nn1C. The Morgan fingerprint density at radius 2 is 2.00 bits per heavy atom. The number of ether oxygens (including phenoxy) is 1. The molecule has 2 aromatic heterocycles. The standard InChI is InChI=1S/C15H16F3N5O3/c1-4-26-14(25)10-6-9(21-23(10)3)13(24)22(2)11-7-20-12(5-8(11)19)15(16,17)18/h5-7H,4H2,1-3H3,(H2,19,20). The van der Waals surface area contributed by atoms with Crippen molar-refractivity contribution in [3.8, 4) is 0 Å². The first kappa shape index (κ1) is 19.2. The first-order valence-electron chi connectivity index (χ1n) is 7.38. The molecule has 0 fully saturated rings. The molecule has 8 nitrogen and oxygen atoms in total. The largest absolute Gasteiger partial charge is 0.461 e. The maximum Gasteiger partial charge on any atom is 0.433 e. The van der Waals surface area contributed by atoms with Gasteiger partial charge in [-0.15, -0.1) is 0 Å². The predicted octanol–water partition coefficient (Wildman–Crippen LogP) is 1.87. The number of carbonyl (C=O) groups excluding carboxylic acids is 2. The molecule has 2 rings (SSSR count). The number of amides is 1. The van der Waals surface area contributed by atoms with Crippen molar-refractivity contribution in [1.29, 1.82) is 0 Å². The van der Waals surface area contributed by atoms with E-state index in [0.29, 0.717) is 6.07 Å². The molecule has 0 spiro atoms. The highest BCUT2D eigenvalue weighted by atomic mass is 19.4. The fourth-order valence-corrected chi connectivity index (χ4v) is 2.15. The lowest BCUT2D eigenvalue weighted by atomic mass is 10.2. The molecule has 0 bridgehead atoms. The van der Waals surface area contributed by atoms with Gasteiger partial charge in [-0.25, -0.2) is 9.78 Å². The summed E-state index contributed by atoms with van der Waals surface area (Å²) in [4.78, 5) is 28.6. The third-order valence-corrected chi connectivity index (χ3v) is 3.45. The number of pyridine rings is 1. The molecule has 0 aliphatic rings. The Balaban J connectivity index is 2.30. The van der Waals surface area contributed by atoms with Crippen molar-refractivity contribution < 1.29 is 27.5 Å². The van der Waals surface area contributed by atoms with Crippen LogP contribution in [0, 0.1) is 0 Å². The summed E-state index contributed by atoms with van der Waals surface area (Å²) in [6, 6.07) is 1.87. The molecule has 0 unspecified atom stereocenters. The van der Waals surface area contributed by atoms with Crippen LogP contribution < -0.4 is 10.6 Å². The molecule has 0 atom stereocenters. The van der Waals surface area contributed by atoms with E-state index in [4.69, 9.17) is 10.5 Å². The van der Waals surface area contributed by atoms with Gasteiger partial charge in [-0.05, 0) is 13.0 Å². The summed E-state index contributed by atoms with van der Waals surface area (Å²) in [5.74, 6) is -1.33. The van der Waals surface area contributed by atoms with Crippen LogP contribution in [-0.4, -0.2) is 40.3 Å². The van der Waals surface area contributed by atoms with Gasteiger partial charge in [0.1, 0.15) is 11.4 Å². The van der Waals surface area contributed by atoms with Crippen molar-refractivity contribution in [3.63, 3.8) is 0 Å². The topological polar surface area (TPSA) is 103 Å². The highest BCUT2D eigenvalue weighted by Gasteiger charge is 2.33. The van der Waals surface area contributed by atoms with Crippen LogP contribution in [0.3, 0.4) is 0 Å². The zero-order valence-corrected chi connectivity index (χ0v) is 14.2. The van der Waals surface area contributed by atoms with E-state index in [2.05, 4.69) is 10.1 Å². The number of halogens is 3. The molecule has 0 saturated heterocycles. The van der Waals surface area contributed by atoms with E-state index in [1.165, 1.54) is 24.8 Å². The maximum absolute atomic E-state index is 12.7. The summed E-state index contributed by atoms with van der Waals surface area (Å²) in [6.07, 6.45) is -3.80. The van der Waals surface area contributed by atoms with E-state index in [1.807, 2.05) is 0 Å². The molecular weight excluding hydrogens is 355 g/mol. The molecule has 2 heterocycles. The van der Waals surface area contributed by atoms with Crippen molar-refractivity contribution in [2.75, 3.05) is 24.3 Å². The Labute approximate surface area is 146 Å². The van der Waals surface area contributed by atoms with Gasteiger partial charge in [-0.1, -0.05) is 0 Å². The van der Waals surface area contributed by atoms with Gasteiger partial charge in [0.2, 0.25) is 0 Å². The highest BCUT2D eigenvalue weighted by molar-refractivity contribution is 6.06. The lowest BCUT2D eigenvalue weighted by molar-refractivity contribution is -0.141. The number of rotatable bonds is 4. The average Bonchev–Trinajstić information content (AvgIpc) is 2.94. The second kappa shape index (κ2) is 7.02. The van der Waals surface area contributed by atoms with Crippen molar-refractivity contribution in [2.45, 2.75) is 13.1 Å². The number of anilines is 2. The summed E-state index contributed by atoms with van der Waals surface area (Å²) in [5.41, 5.74) is 4.12. The zero-order chi connectivity index (χ0) is 19.6. The highest BCUT2D eigenvalue weighted by Crippen LogP contribution is 2.32. The lowest BCUT2D eigenvalue weighted by Crippen LogP contribution is -2.28. The Morgan fingerprint density at radius 1 is 1.35 bits per heavy atom. The van der Waals surface area contributed by atoms with E-state index < -0.39 is 23.7 Å². The molecule has 0 aliphatic heterocycles. The smallest absolute Gasteiger partial charge is 0.433 e. The van der Waals surface area contributed by atoms with Crippen molar-refractivity contribution in [1.82, 2.24) is 14.8 Å². The third-order valence-electron chi connectivity index (χ3n) is 3.45. The fraction of sp³-hybridized carbons (Fsp3) is 0.333. The minimum Gasteiger partial charge on any atom is -0.461 e. The van der Waals surface area contributed by atoms with Gasteiger partial charge in [0.15, 0.2) is 5.69 Å². The maximum atomic E-state index is 12.7. The van der Waals surface area contributed by atoms with Crippen LogP contribution in [0.4, 0.5) is 24.5 Å². The summed E-state index contributed by atoms with van der Waals surface area (Å²) in [5, 5.41) is 3.93. The molecule has 26 heavy (non-hydrogen) atoms. The second-order valence-electron chi connectivity index (χ2n) is 5.25. The van der Waals surface area contributed by atoms with Gasteiger partial charge in [0.25, 0.3) is 5.91 Å². The predicted molar refractivity (Wildman–Crippen MR) is 85.5 cm³/mol. The van der Waals surface area contributed by atoms with Crippen molar-refractivity contribution in [2.24, 2.45) is 7.05 Å². The zero-order valence-electron chi connectivity index (χ0n) is 14.2. The summed E-state index contributed by atoms with van der Waals surface area (Å²) < 4.78 is 44.0. The third kappa shape index (κ3) is 3.76. The summed E-state index contributed by atoms with van der Waals surface area (Å²) in [7, 11) is 2.76. The number of nitrogens with two attached hydrogens (primary N) is 1. The Kier molecular flexibility index (Phi) is 5.19. The number of alkyl halides is 3. The van der Waals surface area contributed by atoms with Gasteiger partial charge in [0.05, 0.1) is 24.2 Å². The van der Waals surface area contributed by atoms with Crippen LogP contribution in [0.15, 0.2) is 18.3 Å². The van der Waals surface area contributed by atoms with Gasteiger partial charge in [0, 0.05) is 20.2 Å². The Bertz CT molecular complexity index is 848. The fourth-order valence-electron chi connectivity index (χ4n) is 2.15. The number of hydrogen-bond acceptors (Lipinski definition) is 6. The molecule has 140 valence electrons. The van der Waals surface area contributed by atoms with E-state index in [1.54, 1.807) is 6.92 Å². The lowest BCUT2D eigenvalue weighted by Gasteiger charge is -2.18. The van der Waals surface area contributed by atoms with E-state index >= 15 is 0 Å². The van der Waals surface area contributed by atoms with Crippen LogP contribution in [0.5, 0.6) is 0 Å². The molecule has 1 amide bonds. The minimum absolute atomic E-state index is 0.0219. The monoisotopic (exact) mass is 371 g/mol. The number of nitrogen functional groups attached to an aromatic ring is 1. The van der Waals surface area contributed by atoms with Crippen LogP contribution in [0.1, 0.15) is 33.6 Å². The van der Waals surface area contributed by atoms with E-state index in [0.717, 1.165) is 11.1 Å². The number of aromatic nitrogens is 3. The summed E-state index contributed by atoms with van der Waals surface area (Å²) >= 11 is 0. The minimum atomic E-state index is -4.65. The number of hydrogen-bond donors (Lipinski definition) is 1. The van der Waals surface area contributed by atoms with Gasteiger partial charge < -0.3 is 15.4 Å². The van der Waals surface area contributed by atoms with Crippen LogP contribution in [-0.2, 0) is 18.0 Å². The molecule has 11 heteroatoms. The Morgan fingerprint density at radius 3 is 2.54 bits per heavy atom. The van der Waals surface area contributed by atoms with Gasteiger partial charge in [-0.2, -0.15) is 18.3 Å². The molecular formula is C15H16F3N5O3. The van der Waals surface area contributed by atoms with Crippen LogP contribution in [0.2, 0.25) is 0 Å². The number of esters is 1. The van der Waals surface area contributed by atoms with Gasteiger partial charge >= 0.3 is 12.1 Å². The van der Waals surface area contributed by atoms with Crippen LogP contribution >= 0.6 is 0 Å². The first-order chi connectivity index (χ1) is 12.1. The molecule has 0 aromatic carbocycles. The molecule has 2 aromatic rings. The number of carbonyl (C=O) groups is 2. The first-order valence-corrected chi connectivity index (χ1v) is 7.38. The molecule has 0 radical (unpaired) electrons. The molecule has 2 N–H and O–H groups in total. The van der Waals surface area contributed by atoms with E-state index in [9.17, 15) is 22.8 Å². The Hall–Kier alpha value is -3.11.